The summed E-state index contributed by atoms with van der Waals surface area (Å²) in [6.45, 7) is 6.90. The van der Waals surface area contributed by atoms with Gasteiger partial charge in [0.1, 0.15) is 5.75 Å². The average Bonchev–Trinajstić information content (AvgIpc) is 2.60. The van der Waals surface area contributed by atoms with Crippen molar-refractivity contribution >= 4 is 33.2 Å². The molecule has 0 radical (unpaired) electrons. The molecule has 0 saturated carbocycles. The molecule has 8 heteroatoms. The van der Waals surface area contributed by atoms with E-state index in [1.54, 1.807) is 51.1 Å². The lowest BCUT2D eigenvalue weighted by atomic mass is 10.1. The number of nitrogens with zero attached hydrogens (tertiary/aromatic N) is 1. The third kappa shape index (κ3) is 4.84. The molecule has 0 spiro atoms. The van der Waals surface area contributed by atoms with Crippen LogP contribution in [0.15, 0.2) is 41.3 Å². The summed E-state index contributed by atoms with van der Waals surface area (Å²) < 4.78 is 31.9. The monoisotopic (exact) mass is 424 g/mol. The molecule has 152 valence electrons. The number of rotatable bonds is 6. The summed E-state index contributed by atoms with van der Waals surface area (Å²) >= 11 is 5.87. The van der Waals surface area contributed by atoms with Crippen LogP contribution in [0.25, 0.3) is 0 Å². The van der Waals surface area contributed by atoms with Crippen LogP contribution in [-0.4, -0.2) is 38.3 Å². The number of sulfonamides is 1. The van der Waals surface area contributed by atoms with Gasteiger partial charge in [-0.05, 0) is 75.2 Å². The highest BCUT2D eigenvalue weighted by atomic mass is 35.5. The fourth-order valence-corrected chi connectivity index (χ4v) is 3.57. The first-order valence-electron chi connectivity index (χ1n) is 8.64. The van der Waals surface area contributed by atoms with Crippen molar-refractivity contribution in [3.05, 3.63) is 52.5 Å². The van der Waals surface area contributed by atoms with Gasteiger partial charge < -0.3 is 10.1 Å². The molecule has 0 heterocycles. The molecular weight excluding hydrogens is 400 g/mol. The minimum absolute atomic E-state index is 0.118. The third-order valence-corrected chi connectivity index (χ3v) is 6.45. The molecule has 0 aromatic heterocycles. The molecule has 6 nitrogen and oxygen atoms in total. The number of ether oxygens (including phenoxy) is 1. The highest BCUT2D eigenvalue weighted by Crippen LogP contribution is 2.27. The lowest BCUT2D eigenvalue weighted by molar-refractivity contribution is -0.128. The van der Waals surface area contributed by atoms with E-state index in [1.165, 1.54) is 20.2 Å². The van der Waals surface area contributed by atoms with Crippen LogP contribution < -0.4 is 10.1 Å². The molecule has 0 atom stereocenters. The van der Waals surface area contributed by atoms with Crippen molar-refractivity contribution in [2.75, 3.05) is 19.4 Å². The first kappa shape index (κ1) is 22.2. The number of hydrogen-bond donors (Lipinski definition) is 1. The summed E-state index contributed by atoms with van der Waals surface area (Å²) in [4.78, 5) is 13.0. The van der Waals surface area contributed by atoms with Crippen molar-refractivity contribution in [3.63, 3.8) is 0 Å². The first-order valence-corrected chi connectivity index (χ1v) is 10.5. The minimum Gasteiger partial charge on any atom is -0.478 e. The predicted octanol–water partition coefficient (Wildman–Crippen LogP) is 4.00. The second-order valence-electron chi connectivity index (χ2n) is 7.22. The molecule has 2 aromatic rings. The zero-order valence-corrected chi connectivity index (χ0v) is 18.4. The van der Waals surface area contributed by atoms with Crippen LogP contribution in [0.4, 0.5) is 5.69 Å². The highest BCUT2D eigenvalue weighted by molar-refractivity contribution is 7.89. The molecule has 0 aliphatic carbocycles. The summed E-state index contributed by atoms with van der Waals surface area (Å²) in [6.07, 6.45) is 0. The number of benzene rings is 2. The molecule has 0 bridgehead atoms. The van der Waals surface area contributed by atoms with Crippen LogP contribution in [0.5, 0.6) is 5.75 Å². The number of halogens is 1. The van der Waals surface area contributed by atoms with Crippen molar-refractivity contribution in [3.8, 4) is 5.75 Å². The van der Waals surface area contributed by atoms with Crippen molar-refractivity contribution < 1.29 is 17.9 Å². The summed E-state index contributed by atoms with van der Waals surface area (Å²) in [5.74, 6) is 0.103. The third-order valence-electron chi connectivity index (χ3n) is 4.40. The Labute approximate surface area is 171 Å². The van der Waals surface area contributed by atoms with E-state index >= 15 is 0 Å². The summed E-state index contributed by atoms with van der Waals surface area (Å²) in [6, 6.07) is 9.76. The smallest absolute Gasteiger partial charge is 0.267 e. The number of carbonyl (C=O) groups is 1. The van der Waals surface area contributed by atoms with Crippen LogP contribution >= 0.6 is 11.6 Å². The van der Waals surface area contributed by atoms with E-state index in [9.17, 15) is 13.2 Å². The van der Waals surface area contributed by atoms with E-state index < -0.39 is 21.5 Å². The van der Waals surface area contributed by atoms with E-state index in [1.807, 2.05) is 6.92 Å². The Morgan fingerprint density at radius 3 is 2.21 bits per heavy atom. The topological polar surface area (TPSA) is 75.7 Å². The number of amides is 1. The standard InChI is InChI=1S/C20H25ClN2O4S/c1-13-11-17(28(25,26)23(5)6)12-18(14(13)2)22-19(24)20(3,4)27-16-9-7-15(21)8-10-16/h7-12H,1-6H3,(H,22,24). The van der Waals surface area contributed by atoms with Gasteiger partial charge in [0.05, 0.1) is 4.90 Å². The molecule has 0 aliphatic heterocycles. The molecule has 0 saturated heterocycles. The Hall–Kier alpha value is -2.09. The maximum absolute atomic E-state index is 12.8. The van der Waals surface area contributed by atoms with Gasteiger partial charge in [0.2, 0.25) is 10.0 Å². The zero-order valence-electron chi connectivity index (χ0n) is 16.8. The Balaban J connectivity index is 2.32. The molecular formula is C20H25ClN2O4S. The highest BCUT2D eigenvalue weighted by Gasteiger charge is 2.31. The lowest BCUT2D eigenvalue weighted by Gasteiger charge is -2.26. The van der Waals surface area contributed by atoms with Crippen LogP contribution in [-0.2, 0) is 14.8 Å². The number of aryl methyl sites for hydroxylation is 1. The molecule has 1 amide bonds. The number of hydrogen-bond acceptors (Lipinski definition) is 4. The van der Waals surface area contributed by atoms with E-state index in [2.05, 4.69) is 5.32 Å². The first-order chi connectivity index (χ1) is 12.8. The van der Waals surface area contributed by atoms with Crippen LogP contribution in [0, 0.1) is 13.8 Å². The van der Waals surface area contributed by atoms with E-state index in [0.717, 1.165) is 15.4 Å². The predicted molar refractivity (Wildman–Crippen MR) is 112 cm³/mol. The number of carbonyl (C=O) groups excluding carboxylic acids is 1. The van der Waals surface area contributed by atoms with Crippen LogP contribution in [0.2, 0.25) is 5.02 Å². The van der Waals surface area contributed by atoms with Gasteiger partial charge in [-0.1, -0.05) is 11.6 Å². The Morgan fingerprint density at radius 2 is 1.68 bits per heavy atom. The minimum atomic E-state index is -3.62. The SMILES string of the molecule is Cc1cc(S(=O)(=O)N(C)C)cc(NC(=O)C(C)(C)Oc2ccc(Cl)cc2)c1C. The summed E-state index contributed by atoms with van der Waals surface area (Å²) in [5.41, 5.74) is 0.783. The van der Waals surface area contributed by atoms with Gasteiger partial charge in [-0.2, -0.15) is 0 Å². The van der Waals surface area contributed by atoms with Gasteiger partial charge in [-0.3, -0.25) is 4.79 Å². The fraction of sp³-hybridized carbons (Fsp3) is 0.350. The number of anilines is 1. The molecule has 0 fully saturated rings. The normalized spacial score (nSPS) is 12.1. The maximum atomic E-state index is 12.8. The Morgan fingerprint density at radius 1 is 1.11 bits per heavy atom. The van der Waals surface area contributed by atoms with Crippen molar-refractivity contribution in [1.82, 2.24) is 4.31 Å². The average molecular weight is 425 g/mol. The Bertz CT molecular complexity index is 984. The van der Waals surface area contributed by atoms with Crippen molar-refractivity contribution in [1.29, 1.82) is 0 Å². The summed E-state index contributed by atoms with van der Waals surface area (Å²) in [7, 11) is -0.696. The molecule has 28 heavy (non-hydrogen) atoms. The fourth-order valence-electron chi connectivity index (χ4n) is 2.43. The lowest BCUT2D eigenvalue weighted by Crippen LogP contribution is -2.42. The van der Waals surface area contributed by atoms with Gasteiger partial charge in [-0.25, -0.2) is 12.7 Å². The molecule has 2 rings (SSSR count). The molecule has 1 N–H and O–H groups in total. The van der Waals surface area contributed by atoms with Gasteiger partial charge in [-0.15, -0.1) is 0 Å². The second kappa shape index (κ2) is 8.11. The second-order valence-corrected chi connectivity index (χ2v) is 9.81. The van der Waals surface area contributed by atoms with Crippen molar-refractivity contribution in [2.24, 2.45) is 0 Å². The molecule has 0 aliphatic rings. The molecule has 2 aromatic carbocycles. The van der Waals surface area contributed by atoms with E-state index in [-0.39, 0.29) is 4.90 Å². The van der Waals surface area contributed by atoms with Crippen molar-refractivity contribution in [2.45, 2.75) is 38.2 Å². The Kier molecular flexibility index (Phi) is 6.43. The van der Waals surface area contributed by atoms with Gasteiger partial charge >= 0.3 is 0 Å². The van der Waals surface area contributed by atoms with Gasteiger partial charge in [0, 0.05) is 24.8 Å². The van der Waals surface area contributed by atoms with Crippen LogP contribution in [0.3, 0.4) is 0 Å². The summed E-state index contributed by atoms with van der Waals surface area (Å²) in [5, 5.41) is 3.37. The van der Waals surface area contributed by atoms with Gasteiger partial charge in [0.15, 0.2) is 5.60 Å². The van der Waals surface area contributed by atoms with Gasteiger partial charge in [0.25, 0.3) is 5.91 Å². The van der Waals surface area contributed by atoms with E-state index in [0.29, 0.717) is 16.5 Å². The maximum Gasteiger partial charge on any atom is 0.267 e. The number of nitrogens with one attached hydrogen (secondary N) is 1. The zero-order chi connectivity index (χ0) is 21.3. The van der Waals surface area contributed by atoms with E-state index in [4.69, 9.17) is 16.3 Å². The van der Waals surface area contributed by atoms with Crippen LogP contribution in [0.1, 0.15) is 25.0 Å². The molecule has 0 unspecified atom stereocenters. The quantitative estimate of drug-likeness (QED) is 0.760. The largest absolute Gasteiger partial charge is 0.478 e.